The van der Waals surface area contributed by atoms with Crippen LogP contribution in [-0.2, 0) is 21.1 Å². The molecule has 1 amide bonds. The van der Waals surface area contributed by atoms with E-state index in [1.807, 2.05) is 47.4 Å². The van der Waals surface area contributed by atoms with Gasteiger partial charge < -0.3 is 4.90 Å². The molecule has 0 radical (unpaired) electrons. The number of sulfone groups is 1. The summed E-state index contributed by atoms with van der Waals surface area (Å²) in [7, 11) is -3.08. The van der Waals surface area contributed by atoms with Crippen LogP contribution in [0.4, 0.5) is 5.69 Å². The summed E-state index contributed by atoms with van der Waals surface area (Å²) in [5.74, 6) is 0.0209. The van der Waals surface area contributed by atoms with Crippen molar-refractivity contribution in [2.45, 2.75) is 30.6 Å². The second-order valence-corrected chi connectivity index (χ2v) is 11.1. The maximum atomic E-state index is 12.5. The predicted molar refractivity (Wildman–Crippen MR) is 120 cm³/mol. The highest BCUT2D eigenvalue weighted by Crippen LogP contribution is 2.41. The van der Waals surface area contributed by atoms with Crippen LogP contribution in [0.5, 0.6) is 0 Å². The lowest BCUT2D eigenvalue weighted by Crippen LogP contribution is -2.37. The number of amidine groups is 1. The van der Waals surface area contributed by atoms with Gasteiger partial charge in [0.2, 0.25) is 5.91 Å². The zero-order valence-corrected chi connectivity index (χ0v) is 18.1. The number of aryl methyl sites for hydroxylation is 1. The molecule has 2 aliphatic heterocycles. The molecule has 152 valence electrons. The van der Waals surface area contributed by atoms with E-state index in [2.05, 4.69) is 4.99 Å². The lowest BCUT2D eigenvalue weighted by Gasteiger charge is -2.24. The summed E-state index contributed by atoms with van der Waals surface area (Å²) in [6.45, 7) is 0. The summed E-state index contributed by atoms with van der Waals surface area (Å²) >= 11 is 7.39. The van der Waals surface area contributed by atoms with Crippen LogP contribution in [0.1, 0.15) is 18.4 Å². The number of thioether (sulfide) groups is 1. The maximum Gasteiger partial charge on any atom is 0.248 e. The first-order valence-electron chi connectivity index (χ1n) is 9.49. The van der Waals surface area contributed by atoms with Crippen LogP contribution in [0, 0.1) is 0 Å². The molecule has 0 spiro atoms. The third kappa shape index (κ3) is 4.85. The van der Waals surface area contributed by atoms with Crippen molar-refractivity contribution in [2.75, 3.05) is 16.4 Å². The highest BCUT2D eigenvalue weighted by atomic mass is 35.5. The fourth-order valence-electron chi connectivity index (χ4n) is 3.72. The largest absolute Gasteiger partial charge is 0.316 e. The van der Waals surface area contributed by atoms with Gasteiger partial charge in [-0.2, -0.15) is 4.99 Å². The minimum absolute atomic E-state index is 0.0779. The van der Waals surface area contributed by atoms with E-state index in [4.69, 9.17) is 11.6 Å². The first-order valence-corrected chi connectivity index (χ1v) is 12.6. The van der Waals surface area contributed by atoms with Gasteiger partial charge in [0, 0.05) is 22.4 Å². The molecule has 2 heterocycles. The Kier molecular flexibility index (Phi) is 5.99. The fourth-order valence-corrected chi connectivity index (χ4v) is 7.78. The minimum Gasteiger partial charge on any atom is -0.316 e. The third-order valence-corrected chi connectivity index (χ3v) is 8.55. The first-order chi connectivity index (χ1) is 13.9. The van der Waals surface area contributed by atoms with Crippen molar-refractivity contribution < 1.29 is 13.2 Å². The Morgan fingerprint density at radius 1 is 1.10 bits per heavy atom. The van der Waals surface area contributed by atoms with Crippen molar-refractivity contribution in [1.29, 1.82) is 0 Å². The molecule has 0 bridgehead atoms. The van der Waals surface area contributed by atoms with Crippen molar-refractivity contribution in [3.05, 3.63) is 65.2 Å². The van der Waals surface area contributed by atoms with Crippen molar-refractivity contribution in [1.82, 2.24) is 0 Å². The lowest BCUT2D eigenvalue weighted by atomic mass is 10.1. The number of rotatable bonds is 5. The van der Waals surface area contributed by atoms with Gasteiger partial charge in [-0.3, -0.25) is 4.79 Å². The quantitative estimate of drug-likeness (QED) is 0.692. The maximum absolute atomic E-state index is 12.5. The molecule has 0 saturated carbocycles. The number of carbonyl (C=O) groups excluding carboxylic acids is 1. The second kappa shape index (κ2) is 8.50. The smallest absolute Gasteiger partial charge is 0.248 e. The Labute approximate surface area is 180 Å². The van der Waals surface area contributed by atoms with E-state index in [-0.39, 0.29) is 28.7 Å². The van der Waals surface area contributed by atoms with E-state index in [1.54, 1.807) is 12.1 Å². The molecule has 5 nitrogen and oxygen atoms in total. The Balaban J connectivity index is 1.50. The molecular formula is C21H21ClN2O3S2. The van der Waals surface area contributed by atoms with E-state index in [9.17, 15) is 13.2 Å². The molecule has 8 heteroatoms. The number of anilines is 1. The van der Waals surface area contributed by atoms with Crippen LogP contribution >= 0.6 is 23.4 Å². The Morgan fingerprint density at radius 2 is 1.83 bits per heavy atom. The summed E-state index contributed by atoms with van der Waals surface area (Å²) in [5.41, 5.74) is 2.01. The van der Waals surface area contributed by atoms with Gasteiger partial charge in [0.1, 0.15) is 0 Å². The lowest BCUT2D eigenvalue weighted by molar-refractivity contribution is -0.117. The van der Waals surface area contributed by atoms with Crippen LogP contribution in [0.15, 0.2) is 59.6 Å². The summed E-state index contributed by atoms with van der Waals surface area (Å²) in [4.78, 5) is 18.8. The fraction of sp³-hybridized carbons (Fsp3) is 0.333. The van der Waals surface area contributed by atoms with Gasteiger partial charge in [-0.05, 0) is 42.7 Å². The Bertz CT molecular complexity index is 1020. The molecule has 2 atom stereocenters. The number of aliphatic imine (C=N–C) groups is 1. The highest BCUT2D eigenvalue weighted by Gasteiger charge is 2.49. The molecular weight excluding hydrogens is 428 g/mol. The molecule has 2 unspecified atom stereocenters. The van der Waals surface area contributed by atoms with Crippen LogP contribution in [-0.4, -0.2) is 42.3 Å². The number of carbonyl (C=O) groups is 1. The molecule has 2 fully saturated rings. The second-order valence-electron chi connectivity index (χ2n) is 7.27. The molecule has 29 heavy (non-hydrogen) atoms. The number of halogens is 1. The van der Waals surface area contributed by atoms with Gasteiger partial charge in [-0.15, -0.1) is 0 Å². The Morgan fingerprint density at radius 3 is 2.55 bits per heavy atom. The van der Waals surface area contributed by atoms with Gasteiger partial charge in [0.05, 0.1) is 17.5 Å². The van der Waals surface area contributed by atoms with Crippen molar-refractivity contribution in [2.24, 2.45) is 4.99 Å². The SMILES string of the molecule is O=C(CCCc1ccccc1)N=C1SC2CS(=O)(=O)CC2N1c1ccc(Cl)cc1. The number of fused-ring (bicyclic) bond motifs is 1. The molecule has 0 aliphatic carbocycles. The van der Waals surface area contributed by atoms with Crippen LogP contribution in [0.3, 0.4) is 0 Å². The van der Waals surface area contributed by atoms with Crippen LogP contribution in [0.25, 0.3) is 0 Å². The van der Waals surface area contributed by atoms with Crippen LogP contribution < -0.4 is 4.90 Å². The molecule has 0 aromatic heterocycles. The van der Waals surface area contributed by atoms with Crippen molar-refractivity contribution in [3.8, 4) is 0 Å². The highest BCUT2D eigenvalue weighted by molar-refractivity contribution is 8.16. The summed E-state index contributed by atoms with van der Waals surface area (Å²) in [5, 5.41) is 1.08. The monoisotopic (exact) mass is 448 g/mol. The summed E-state index contributed by atoms with van der Waals surface area (Å²) < 4.78 is 24.2. The average molecular weight is 449 g/mol. The normalized spacial score (nSPS) is 24.0. The number of benzene rings is 2. The number of hydrogen-bond acceptors (Lipinski definition) is 4. The van der Waals surface area contributed by atoms with Gasteiger partial charge in [-0.1, -0.05) is 53.7 Å². The zero-order valence-electron chi connectivity index (χ0n) is 15.7. The summed E-state index contributed by atoms with van der Waals surface area (Å²) in [6, 6.07) is 17.0. The van der Waals surface area contributed by atoms with E-state index >= 15 is 0 Å². The van der Waals surface area contributed by atoms with Gasteiger partial charge in [0.25, 0.3) is 0 Å². The summed E-state index contributed by atoms with van der Waals surface area (Å²) in [6.07, 6.45) is 1.92. The van der Waals surface area contributed by atoms with E-state index in [0.717, 1.165) is 18.5 Å². The van der Waals surface area contributed by atoms with Gasteiger partial charge in [-0.25, -0.2) is 8.42 Å². The number of amides is 1. The molecule has 2 aromatic carbocycles. The predicted octanol–water partition coefficient (Wildman–Crippen LogP) is 3.96. The van der Waals surface area contributed by atoms with E-state index < -0.39 is 9.84 Å². The van der Waals surface area contributed by atoms with E-state index in [0.29, 0.717) is 16.6 Å². The third-order valence-electron chi connectivity index (χ3n) is 5.09. The van der Waals surface area contributed by atoms with Gasteiger partial charge >= 0.3 is 0 Å². The van der Waals surface area contributed by atoms with Crippen molar-refractivity contribution in [3.63, 3.8) is 0 Å². The standard InChI is InChI=1S/C21H21ClN2O3S2/c22-16-9-11-17(12-10-16)24-18-13-29(26,27)14-19(18)28-21(24)23-20(25)8-4-7-15-5-2-1-3-6-15/h1-3,5-6,9-12,18-19H,4,7-8,13-14H2. The average Bonchev–Trinajstić information content (AvgIpc) is 3.14. The first kappa shape index (κ1) is 20.4. The molecule has 2 aliphatic rings. The molecule has 4 rings (SSSR count). The molecule has 2 aromatic rings. The van der Waals surface area contributed by atoms with Crippen molar-refractivity contribution >= 4 is 50.0 Å². The van der Waals surface area contributed by atoms with Gasteiger partial charge in [0.15, 0.2) is 15.0 Å². The minimum atomic E-state index is -3.08. The number of hydrogen-bond donors (Lipinski definition) is 0. The molecule has 2 saturated heterocycles. The zero-order chi connectivity index (χ0) is 20.4. The topological polar surface area (TPSA) is 66.8 Å². The Hall–Kier alpha value is -1.83. The number of nitrogens with zero attached hydrogens (tertiary/aromatic N) is 2. The molecule has 0 N–H and O–H groups in total. The van der Waals surface area contributed by atoms with E-state index in [1.165, 1.54) is 17.3 Å². The van der Waals surface area contributed by atoms with Crippen LogP contribution in [0.2, 0.25) is 5.02 Å².